The molecule has 1 aromatic carbocycles. The molecule has 0 atom stereocenters. The van der Waals surface area contributed by atoms with Crippen molar-refractivity contribution in [3.05, 3.63) is 41.8 Å². The van der Waals surface area contributed by atoms with Gasteiger partial charge in [0.1, 0.15) is 5.82 Å². The molecule has 0 spiro atoms. The SMILES string of the molecule is O=C(CCc1nc2ccccc2[nH]1)NCc1nc(C2CCCCC2)no1. The third kappa shape index (κ3) is 3.92. The smallest absolute Gasteiger partial charge is 0.246 e. The summed E-state index contributed by atoms with van der Waals surface area (Å²) in [6.45, 7) is 0.276. The van der Waals surface area contributed by atoms with E-state index in [9.17, 15) is 4.79 Å². The van der Waals surface area contributed by atoms with Crippen molar-refractivity contribution < 1.29 is 9.32 Å². The van der Waals surface area contributed by atoms with Crippen LogP contribution < -0.4 is 5.32 Å². The Labute approximate surface area is 151 Å². The van der Waals surface area contributed by atoms with Gasteiger partial charge < -0.3 is 14.8 Å². The van der Waals surface area contributed by atoms with Crippen molar-refractivity contribution in [2.45, 2.75) is 57.4 Å². The van der Waals surface area contributed by atoms with Gasteiger partial charge >= 0.3 is 0 Å². The van der Waals surface area contributed by atoms with Gasteiger partial charge in [0.25, 0.3) is 0 Å². The second-order valence-electron chi connectivity index (χ2n) is 6.86. The van der Waals surface area contributed by atoms with Gasteiger partial charge in [0.2, 0.25) is 11.8 Å². The molecule has 7 heteroatoms. The Kier molecular flexibility index (Phi) is 4.95. The average Bonchev–Trinajstić information content (AvgIpc) is 3.32. The van der Waals surface area contributed by atoms with Crippen LogP contribution >= 0.6 is 0 Å². The molecule has 3 aromatic rings. The van der Waals surface area contributed by atoms with E-state index in [1.165, 1.54) is 19.3 Å². The van der Waals surface area contributed by atoms with E-state index >= 15 is 0 Å². The van der Waals surface area contributed by atoms with Crippen molar-refractivity contribution in [1.29, 1.82) is 0 Å². The van der Waals surface area contributed by atoms with Gasteiger partial charge in [-0.25, -0.2) is 4.98 Å². The molecule has 1 aliphatic rings. The van der Waals surface area contributed by atoms with Crippen molar-refractivity contribution in [2.75, 3.05) is 0 Å². The van der Waals surface area contributed by atoms with Crippen molar-refractivity contribution in [1.82, 2.24) is 25.4 Å². The molecule has 2 aromatic heterocycles. The van der Waals surface area contributed by atoms with Crippen LogP contribution in [0.15, 0.2) is 28.8 Å². The van der Waals surface area contributed by atoms with Crippen LogP contribution in [0.2, 0.25) is 0 Å². The number of aromatic nitrogens is 4. The van der Waals surface area contributed by atoms with E-state index in [1.54, 1.807) is 0 Å². The number of fused-ring (bicyclic) bond motifs is 1. The average molecular weight is 353 g/mol. The minimum absolute atomic E-state index is 0.0529. The van der Waals surface area contributed by atoms with Crippen LogP contribution in [-0.2, 0) is 17.8 Å². The summed E-state index contributed by atoms with van der Waals surface area (Å²) in [5, 5.41) is 6.93. The number of carbonyl (C=O) groups excluding carboxylic acids is 1. The van der Waals surface area contributed by atoms with Gasteiger partial charge in [-0.15, -0.1) is 0 Å². The summed E-state index contributed by atoms with van der Waals surface area (Å²) in [5.74, 6) is 2.44. The van der Waals surface area contributed by atoms with Crippen molar-refractivity contribution >= 4 is 16.9 Å². The molecular formula is C19H23N5O2. The third-order valence-corrected chi connectivity index (χ3v) is 4.92. The number of aromatic amines is 1. The van der Waals surface area contributed by atoms with E-state index in [2.05, 4.69) is 25.4 Å². The van der Waals surface area contributed by atoms with Gasteiger partial charge in [0.05, 0.1) is 17.6 Å². The zero-order valence-corrected chi connectivity index (χ0v) is 14.7. The number of H-pyrrole nitrogens is 1. The highest BCUT2D eigenvalue weighted by molar-refractivity contribution is 5.77. The lowest BCUT2D eigenvalue weighted by Gasteiger charge is -2.17. The van der Waals surface area contributed by atoms with Gasteiger partial charge in [-0.2, -0.15) is 4.98 Å². The lowest BCUT2D eigenvalue weighted by Crippen LogP contribution is -2.23. The molecule has 1 saturated carbocycles. The molecule has 26 heavy (non-hydrogen) atoms. The van der Waals surface area contributed by atoms with E-state index in [-0.39, 0.29) is 12.5 Å². The number of imidazole rings is 1. The minimum Gasteiger partial charge on any atom is -0.347 e. The highest BCUT2D eigenvalue weighted by Crippen LogP contribution is 2.30. The Morgan fingerprint density at radius 2 is 2.04 bits per heavy atom. The van der Waals surface area contributed by atoms with Crippen LogP contribution in [0.1, 0.15) is 62.0 Å². The first kappa shape index (κ1) is 16.8. The number of hydrogen-bond donors (Lipinski definition) is 2. The standard InChI is InChI=1S/C19H23N5O2/c25-17(11-10-16-21-14-8-4-5-9-15(14)22-16)20-12-18-23-19(24-26-18)13-6-2-1-3-7-13/h4-5,8-9,13H,1-3,6-7,10-12H2,(H,20,25)(H,21,22). The molecule has 1 aliphatic carbocycles. The molecule has 0 saturated heterocycles. The summed E-state index contributed by atoms with van der Waals surface area (Å²) >= 11 is 0. The summed E-state index contributed by atoms with van der Waals surface area (Å²) in [5.41, 5.74) is 1.91. The van der Waals surface area contributed by atoms with E-state index in [1.807, 2.05) is 24.3 Å². The topological polar surface area (TPSA) is 96.7 Å². The number of aryl methyl sites for hydroxylation is 1. The van der Waals surface area contributed by atoms with Gasteiger partial charge in [0, 0.05) is 18.8 Å². The number of hydrogen-bond acceptors (Lipinski definition) is 5. The van der Waals surface area contributed by atoms with Crippen LogP contribution in [0, 0.1) is 0 Å². The Morgan fingerprint density at radius 3 is 2.88 bits per heavy atom. The second kappa shape index (κ2) is 7.68. The van der Waals surface area contributed by atoms with Gasteiger partial charge in [-0.1, -0.05) is 36.6 Å². The van der Waals surface area contributed by atoms with Crippen LogP contribution in [0.4, 0.5) is 0 Å². The molecule has 2 N–H and O–H groups in total. The Balaban J connectivity index is 1.25. The van der Waals surface area contributed by atoms with E-state index < -0.39 is 0 Å². The monoisotopic (exact) mass is 353 g/mol. The lowest BCUT2D eigenvalue weighted by molar-refractivity contribution is -0.121. The molecular weight excluding hydrogens is 330 g/mol. The first-order valence-corrected chi connectivity index (χ1v) is 9.31. The molecule has 0 radical (unpaired) electrons. The van der Waals surface area contributed by atoms with E-state index in [0.717, 1.165) is 35.5 Å². The zero-order chi connectivity index (χ0) is 17.8. The quantitative estimate of drug-likeness (QED) is 0.709. The number of amides is 1. The third-order valence-electron chi connectivity index (χ3n) is 4.92. The number of nitrogens with zero attached hydrogens (tertiary/aromatic N) is 3. The maximum Gasteiger partial charge on any atom is 0.246 e. The Bertz CT molecular complexity index is 846. The predicted molar refractivity (Wildman–Crippen MR) is 96.4 cm³/mol. The molecule has 0 aliphatic heterocycles. The highest BCUT2D eigenvalue weighted by atomic mass is 16.5. The predicted octanol–water partition coefficient (Wildman–Crippen LogP) is 3.24. The fraction of sp³-hybridized carbons (Fsp3) is 0.474. The molecule has 136 valence electrons. The fourth-order valence-corrected chi connectivity index (χ4v) is 3.49. The molecule has 4 rings (SSSR count). The Morgan fingerprint density at radius 1 is 1.19 bits per heavy atom. The maximum absolute atomic E-state index is 12.1. The number of nitrogens with one attached hydrogen (secondary N) is 2. The molecule has 1 amide bonds. The zero-order valence-electron chi connectivity index (χ0n) is 14.7. The molecule has 1 fully saturated rings. The molecule has 0 bridgehead atoms. The normalized spacial score (nSPS) is 15.4. The summed E-state index contributed by atoms with van der Waals surface area (Å²) in [4.78, 5) is 24.2. The number of benzene rings is 1. The minimum atomic E-state index is -0.0529. The number of carbonyl (C=O) groups is 1. The van der Waals surface area contributed by atoms with Crippen molar-refractivity contribution in [3.8, 4) is 0 Å². The summed E-state index contributed by atoms with van der Waals surface area (Å²) < 4.78 is 5.28. The molecule has 2 heterocycles. The van der Waals surface area contributed by atoms with Crippen LogP contribution in [0.5, 0.6) is 0 Å². The van der Waals surface area contributed by atoms with Crippen molar-refractivity contribution in [3.63, 3.8) is 0 Å². The first-order chi connectivity index (χ1) is 12.8. The Hall–Kier alpha value is -2.70. The van der Waals surface area contributed by atoms with Crippen LogP contribution in [-0.4, -0.2) is 26.0 Å². The van der Waals surface area contributed by atoms with Crippen molar-refractivity contribution in [2.24, 2.45) is 0 Å². The number of para-hydroxylation sites is 2. The van der Waals surface area contributed by atoms with Gasteiger partial charge in [0.15, 0.2) is 5.82 Å². The second-order valence-corrected chi connectivity index (χ2v) is 6.86. The molecule has 7 nitrogen and oxygen atoms in total. The van der Waals surface area contributed by atoms with Gasteiger partial charge in [-0.05, 0) is 25.0 Å². The van der Waals surface area contributed by atoms with Gasteiger partial charge in [-0.3, -0.25) is 4.79 Å². The summed E-state index contributed by atoms with van der Waals surface area (Å²) in [6, 6.07) is 7.84. The van der Waals surface area contributed by atoms with E-state index in [0.29, 0.717) is 24.7 Å². The van der Waals surface area contributed by atoms with Crippen LogP contribution in [0.3, 0.4) is 0 Å². The fourth-order valence-electron chi connectivity index (χ4n) is 3.49. The summed E-state index contributed by atoms with van der Waals surface area (Å²) in [7, 11) is 0. The first-order valence-electron chi connectivity index (χ1n) is 9.31. The highest BCUT2D eigenvalue weighted by Gasteiger charge is 2.21. The maximum atomic E-state index is 12.1. The van der Waals surface area contributed by atoms with Crippen LogP contribution in [0.25, 0.3) is 11.0 Å². The molecule has 0 unspecified atom stereocenters. The summed E-state index contributed by atoms with van der Waals surface area (Å²) in [6.07, 6.45) is 6.94. The van der Waals surface area contributed by atoms with E-state index in [4.69, 9.17) is 4.52 Å². The lowest BCUT2D eigenvalue weighted by atomic mass is 9.89. The largest absolute Gasteiger partial charge is 0.347 e. The number of rotatable bonds is 6.